The minimum Gasteiger partial charge on any atom is -0.462 e. The van der Waals surface area contributed by atoms with Gasteiger partial charge in [-0.3, -0.25) is 14.9 Å². The number of carbonyl (C=O) groups is 2. The molecule has 142 valence electrons. The fraction of sp³-hybridized carbons (Fsp3) is 0.500. The van der Waals surface area contributed by atoms with Crippen molar-refractivity contribution in [1.29, 1.82) is 0 Å². The zero-order valence-corrected chi connectivity index (χ0v) is 13.9. The molecule has 0 saturated carbocycles. The van der Waals surface area contributed by atoms with Crippen LogP contribution in [0.4, 0.5) is 18.9 Å². The minimum atomic E-state index is -4.42. The van der Waals surface area contributed by atoms with E-state index in [1.807, 2.05) is 0 Å². The molecule has 1 fully saturated rings. The Labute approximate surface area is 146 Å². The summed E-state index contributed by atoms with van der Waals surface area (Å²) < 4.78 is 43.5. The van der Waals surface area contributed by atoms with Gasteiger partial charge in [0.1, 0.15) is 0 Å². The maximum atomic E-state index is 12.9. The van der Waals surface area contributed by atoms with Gasteiger partial charge in [-0.2, -0.15) is 13.2 Å². The monoisotopic (exact) mass is 374 g/mol. The lowest BCUT2D eigenvalue weighted by atomic mass is 9.96. The fourth-order valence-electron chi connectivity index (χ4n) is 2.78. The van der Waals surface area contributed by atoms with Crippen molar-refractivity contribution in [2.75, 3.05) is 19.7 Å². The molecule has 1 aliphatic rings. The lowest BCUT2D eigenvalue weighted by Gasteiger charge is -2.33. The van der Waals surface area contributed by atoms with Gasteiger partial charge in [-0.15, -0.1) is 0 Å². The molecule has 0 aromatic heterocycles. The maximum absolute atomic E-state index is 12.9. The second-order valence-electron chi connectivity index (χ2n) is 5.88. The van der Waals surface area contributed by atoms with E-state index in [2.05, 4.69) is 0 Å². The number of esters is 1. The molecule has 0 N–H and O–H groups in total. The third kappa shape index (κ3) is 4.50. The maximum Gasteiger partial charge on any atom is 0.393 e. The Morgan fingerprint density at radius 3 is 2.54 bits per heavy atom. The molecule has 0 spiro atoms. The van der Waals surface area contributed by atoms with Crippen molar-refractivity contribution >= 4 is 17.6 Å². The number of ether oxygens (including phenoxy) is 1. The van der Waals surface area contributed by atoms with Gasteiger partial charge < -0.3 is 9.64 Å². The highest BCUT2D eigenvalue weighted by molar-refractivity contribution is 5.99. The van der Waals surface area contributed by atoms with Gasteiger partial charge in [0.15, 0.2) is 0 Å². The smallest absolute Gasteiger partial charge is 0.393 e. The summed E-state index contributed by atoms with van der Waals surface area (Å²) in [5.74, 6) is -3.27. The highest BCUT2D eigenvalue weighted by atomic mass is 19.4. The molecule has 1 aromatic rings. The first-order valence-corrected chi connectivity index (χ1v) is 7.96. The molecule has 0 unspecified atom stereocenters. The number of nitro groups is 1. The Morgan fingerprint density at radius 2 is 1.96 bits per heavy atom. The Balaban J connectivity index is 2.32. The molecule has 10 heteroatoms. The molecule has 1 atom stereocenters. The van der Waals surface area contributed by atoms with Gasteiger partial charge in [0.05, 0.1) is 23.0 Å². The number of piperidine rings is 1. The SMILES string of the molecule is CCOC(=O)c1cc(C(=O)N2CCC[C@@H](C(F)(F)F)C2)cc([N+](=O)[O-])c1. The molecule has 26 heavy (non-hydrogen) atoms. The van der Waals surface area contributed by atoms with E-state index in [0.29, 0.717) is 0 Å². The number of halogens is 3. The number of alkyl halides is 3. The van der Waals surface area contributed by atoms with Crippen molar-refractivity contribution in [3.63, 3.8) is 0 Å². The summed E-state index contributed by atoms with van der Waals surface area (Å²) >= 11 is 0. The van der Waals surface area contributed by atoms with E-state index in [1.165, 1.54) is 0 Å². The number of non-ortho nitro benzene ring substituents is 1. The lowest BCUT2D eigenvalue weighted by molar-refractivity contribution is -0.384. The van der Waals surface area contributed by atoms with Gasteiger partial charge in [-0.25, -0.2) is 4.79 Å². The standard InChI is InChI=1S/C16H17F3N2O5/c1-2-26-15(23)11-6-10(7-13(8-11)21(24)25)14(22)20-5-3-4-12(9-20)16(17,18)19/h6-8,12H,2-5,9H2,1H3/t12-/m1/s1. The molecule has 0 bridgehead atoms. The average Bonchev–Trinajstić information content (AvgIpc) is 2.60. The molecule has 1 saturated heterocycles. The first kappa shape index (κ1) is 19.7. The zero-order chi connectivity index (χ0) is 19.5. The van der Waals surface area contributed by atoms with Crippen molar-refractivity contribution in [3.8, 4) is 0 Å². The van der Waals surface area contributed by atoms with Crippen LogP contribution in [0.15, 0.2) is 18.2 Å². The Morgan fingerprint density at radius 1 is 1.31 bits per heavy atom. The minimum absolute atomic E-state index is 0.0319. The number of hydrogen-bond acceptors (Lipinski definition) is 5. The molecule has 2 rings (SSSR count). The second-order valence-corrected chi connectivity index (χ2v) is 5.88. The summed E-state index contributed by atoms with van der Waals surface area (Å²) in [6.07, 6.45) is -4.32. The Bertz CT molecular complexity index is 720. The highest BCUT2D eigenvalue weighted by Crippen LogP contribution is 2.33. The van der Waals surface area contributed by atoms with E-state index in [-0.39, 0.29) is 37.1 Å². The van der Waals surface area contributed by atoms with Crippen LogP contribution in [-0.2, 0) is 4.74 Å². The quantitative estimate of drug-likeness (QED) is 0.459. The molecule has 1 aliphatic heterocycles. The fourth-order valence-corrected chi connectivity index (χ4v) is 2.78. The molecular formula is C16H17F3N2O5. The van der Waals surface area contributed by atoms with Crippen LogP contribution in [0.1, 0.15) is 40.5 Å². The summed E-state index contributed by atoms with van der Waals surface area (Å²) in [4.78, 5) is 35.7. The van der Waals surface area contributed by atoms with Gasteiger partial charge in [-0.1, -0.05) is 0 Å². The van der Waals surface area contributed by atoms with Crippen molar-refractivity contribution < 1.29 is 32.4 Å². The third-order valence-electron chi connectivity index (χ3n) is 4.06. The number of likely N-dealkylation sites (tertiary alicyclic amines) is 1. The number of carbonyl (C=O) groups excluding carboxylic acids is 2. The van der Waals surface area contributed by atoms with Crippen LogP contribution in [0, 0.1) is 16.0 Å². The van der Waals surface area contributed by atoms with E-state index in [4.69, 9.17) is 4.74 Å². The van der Waals surface area contributed by atoms with Crippen LogP contribution >= 0.6 is 0 Å². The summed E-state index contributed by atoms with van der Waals surface area (Å²) in [7, 11) is 0. The van der Waals surface area contributed by atoms with Crippen LogP contribution < -0.4 is 0 Å². The zero-order valence-electron chi connectivity index (χ0n) is 13.9. The van der Waals surface area contributed by atoms with E-state index >= 15 is 0 Å². The Hall–Kier alpha value is -2.65. The molecule has 0 radical (unpaired) electrons. The van der Waals surface area contributed by atoms with Crippen LogP contribution in [0.3, 0.4) is 0 Å². The van der Waals surface area contributed by atoms with Crippen LogP contribution in [0.2, 0.25) is 0 Å². The molecule has 1 aromatic carbocycles. The van der Waals surface area contributed by atoms with Gasteiger partial charge >= 0.3 is 12.1 Å². The number of hydrogen-bond donors (Lipinski definition) is 0. The number of nitro benzene ring substituents is 1. The highest BCUT2D eigenvalue weighted by Gasteiger charge is 2.42. The molecule has 7 nitrogen and oxygen atoms in total. The van der Waals surface area contributed by atoms with E-state index < -0.39 is 41.1 Å². The van der Waals surface area contributed by atoms with E-state index in [1.54, 1.807) is 6.92 Å². The summed E-state index contributed by atoms with van der Waals surface area (Å²) in [6.45, 7) is 1.18. The van der Waals surface area contributed by atoms with Crippen LogP contribution in [-0.4, -0.2) is 47.6 Å². The second kappa shape index (κ2) is 7.71. The number of benzene rings is 1. The summed E-state index contributed by atoms with van der Waals surface area (Å²) in [5, 5.41) is 11.0. The van der Waals surface area contributed by atoms with E-state index in [0.717, 1.165) is 23.1 Å². The molecule has 0 aliphatic carbocycles. The van der Waals surface area contributed by atoms with Crippen molar-refractivity contribution in [2.24, 2.45) is 5.92 Å². The van der Waals surface area contributed by atoms with E-state index in [9.17, 15) is 32.9 Å². The Kier molecular flexibility index (Phi) is 5.83. The average molecular weight is 374 g/mol. The molecular weight excluding hydrogens is 357 g/mol. The first-order valence-electron chi connectivity index (χ1n) is 7.96. The van der Waals surface area contributed by atoms with Gasteiger partial charge in [0.25, 0.3) is 11.6 Å². The summed E-state index contributed by atoms with van der Waals surface area (Å²) in [6, 6.07) is 3.01. The number of amides is 1. The molecule has 1 amide bonds. The van der Waals surface area contributed by atoms with Crippen LogP contribution in [0.25, 0.3) is 0 Å². The topological polar surface area (TPSA) is 89.8 Å². The van der Waals surface area contributed by atoms with Crippen molar-refractivity contribution in [2.45, 2.75) is 25.9 Å². The van der Waals surface area contributed by atoms with Crippen molar-refractivity contribution in [3.05, 3.63) is 39.4 Å². The first-order chi connectivity index (χ1) is 12.1. The predicted octanol–water partition coefficient (Wildman–Crippen LogP) is 3.19. The van der Waals surface area contributed by atoms with Crippen molar-refractivity contribution in [1.82, 2.24) is 4.90 Å². The van der Waals surface area contributed by atoms with Gasteiger partial charge in [-0.05, 0) is 25.8 Å². The number of rotatable bonds is 4. The number of nitrogens with zero attached hydrogens (tertiary/aromatic N) is 2. The lowest BCUT2D eigenvalue weighted by Crippen LogP contribution is -2.44. The van der Waals surface area contributed by atoms with Crippen LogP contribution in [0.5, 0.6) is 0 Å². The molecule has 1 heterocycles. The third-order valence-corrected chi connectivity index (χ3v) is 4.06. The largest absolute Gasteiger partial charge is 0.462 e. The predicted molar refractivity (Wildman–Crippen MR) is 83.7 cm³/mol. The van der Waals surface area contributed by atoms with Gasteiger partial charge in [0.2, 0.25) is 0 Å². The van der Waals surface area contributed by atoms with Gasteiger partial charge in [0, 0.05) is 30.8 Å². The summed E-state index contributed by atoms with van der Waals surface area (Å²) in [5.41, 5.74) is -0.929. The normalized spacial score (nSPS) is 17.7.